The number of carbonyl (C=O) groups is 1. The number of aliphatic hydroxyl groups is 1. The van der Waals surface area contributed by atoms with Gasteiger partial charge in [-0.25, -0.2) is 4.79 Å². The molecule has 2 rings (SSSR count). The summed E-state index contributed by atoms with van der Waals surface area (Å²) >= 11 is 1.51. The lowest BCUT2D eigenvalue weighted by Crippen LogP contribution is -2.28. The van der Waals surface area contributed by atoms with E-state index in [0.717, 1.165) is 11.1 Å². The molecule has 0 aliphatic carbocycles. The highest BCUT2D eigenvalue weighted by Gasteiger charge is 2.10. The quantitative estimate of drug-likeness (QED) is 0.883. The number of aliphatic hydroxyl groups excluding tert-OH is 1. The lowest BCUT2D eigenvalue weighted by molar-refractivity contribution is 0.126. The summed E-state index contributed by atoms with van der Waals surface area (Å²) in [6, 6.07) is 11.3. The number of rotatable bonds is 5. The summed E-state index contributed by atoms with van der Waals surface area (Å²) < 4.78 is 5.04. The molecular weight excluding hydrogens is 262 g/mol. The van der Waals surface area contributed by atoms with Crippen molar-refractivity contribution < 1.29 is 14.6 Å². The molecule has 1 amide bonds. The summed E-state index contributed by atoms with van der Waals surface area (Å²) in [4.78, 5) is 11.4. The minimum atomic E-state index is -0.699. The molecule has 0 bridgehead atoms. The van der Waals surface area contributed by atoms with Gasteiger partial charge in [0.1, 0.15) is 6.61 Å². The predicted octanol–water partition coefficient (Wildman–Crippen LogP) is 2.71. The minimum absolute atomic E-state index is 0.143. The van der Waals surface area contributed by atoms with E-state index in [1.807, 2.05) is 47.2 Å². The maximum Gasteiger partial charge on any atom is 0.407 e. The second kappa shape index (κ2) is 6.92. The van der Waals surface area contributed by atoms with Crippen LogP contribution < -0.4 is 5.32 Å². The van der Waals surface area contributed by atoms with Crippen LogP contribution in [-0.4, -0.2) is 17.7 Å². The van der Waals surface area contributed by atoms with Crippen molar-refractivity contribution in [2.75, 3.05) is 6.54 Å². The lowest BCUT2D eigenvalue weighted by Gasteiger charge is -2.11. The van der Waals surface area contributed by atoms with Gasteiger partial charge in [0.25, 0.3) is 0 Å². The van der Waals surface area contributed by atoms with Crippen LogP contribution in [0.5, 0.6) is 0 Å². The fourth-order valence-corrected chi connectivity index (χ4v) is 2.24. The summed E-state index contributed by atoms with van der Waals surface area (Å²) in [5.74, 6) is 0. The first-order valence-electron chi connectivity index (χ1n) is 5.90. The molecule has 19 heavy (non-hydrogen) atoms. The van der Waals surface area contributed by atoms with Crippen molar-refractivity contribution in [2.45, 2.75) is 12.7 Å². The zero-order valence-electron chi connectivity index (χ0n) is 10.3. The van der Waals surface area contributed by atoms with Crippen molar-refractivity contribution in [1.82, 2.24) is 5.32 Å². The first-order chi connectivity index (χ1) is 9.25. The average molecular weight is 277 g/mol. The van der Waals surface area contributed by atoms with Gasteiger partial charge in [-0.2, -0.15) is 11.3 Å². The highest BCUT2D eigenvalue weighted by molar-refractivity contribution is 7.07. The van der Waals surface area contributed by atoms with Crippen LogP contribution in [0.2, 0.25) is 0 Å². The topological polar surface area (TPSA) is 58.6 Å². The predicted molar refractivity (Wildman–Crippen MR) is 73.9 cm³/mol. The van der Waals surface area contributed by atoms with Crippen LogP contribution in [0.1, 0.15) is 17.2 Å². The summed E-state index contributed by atoms with van der Waals surface area (Å²) in [6.07, 6.45) is -1.23. The third kappa shape index (κ3) is 4.39. The average Bonchev–Trinajstić information content (AvgIpc) is 2.98. The van der Waals surface area contributed by atoms with E-state index in [-0.39, 0.29) is 13.2 Å². The molecule has 0 aliphatic heterocycles. The molecule has 1 aromatic heterocycles. The molecule has 0 aliphatic rings. The molecule has 0 saturated heterocycles. The largest absolute Gasteiger partial charge is 0.445 e. The van der Waals surface area contributed by atoms with Crippen LogP contribution in [-0.2, 0) is 11.3 Å². The van der Waals surface area contributed by atoms with Gasteiger partial charge >= 0.3 is 6.09 Å². The fourth-order valence-electron chi connectivity index (χ4n) is 1.54. The number of alkyl carbamates (subject to hydrolysis) is 1. The smallest absolute Gasteiger partial charge is 0.407 e. The van der Waals surface area contributed by atoms with Crippen molar-refractivity contribution in [1.29, 1.82) is 0 Å². The van der Waals surface area contributed by atoms with E-state index in [0.29, 0.717) is 0 Å². The molecule has 100 valence electrons. The van der Waals surface area contributed by atoms with Gasteiger partial charge < -0.3 is 15.2 Å². The summed E-state index contributed by atoms with van der Waals surface area (Å²) in [5, 5.41) is 16.0. The number of carbonyl (C=O) groups excluding carboxylic acids is 1. The Morgan fingerprint density at radius 3 is 2.79 bits per heavy atom. The van der Waals surface area contributed by atoms with Crippen LogP contribution in [0.4, 0.5) is 4.79 Å². The fraction of sp³-hybridized carbons (Fsp3) is 0.214. The molecule has 1 heterocycles. The first kappa shape index (κ1) is 13.6. The second-order valence-corrected chi connectivity index (χ2v) is 4.80. The van der Waals surface area contributed by atoms with E-state index in [4.69, 9.17) is 4.74 Å². The van der Waals surface area contributed by atoms with E-state index in [1.54, 1.807) is 0 Å². The SMILES string of the molecule is O=C(NCC(O)c1ccsc1)OCc1ccccc1. The summed E-state index contributed by atoms with van der Waals surface area (Å²) in [6.45, 7) is 0.367. The molecule has 0 radical (unpaired) electrons. The molecule has 1 aromatic carbocycles. The van der Waals surface area contributed by atoms with Crippen molar-refractivity contribution in [2.24, 2.45) is 0 Å². The van der Waals surface area contributed by atoms with Crippen LogP contribution in [0.25, 0.3) is 0 Å². The lowest BCUT2D eigenvalue weighted by atomic mass is 10.2. The third-order valence-electron chi connectivity index (χ3n) is 2.58. The van der Waals surface area contributed by atoms with Gasteiger partial charge in [0.2, 0.25) is 0 Å². The van der Waals surface area contributed by atoms with Gasteiger partial charge in [0, 0.05) is 0 Å². The number of nitrogens with one attached hydrogen (secondary N) is 1. The molecule has 0 fully saturated rings. The Bertz CT molecular complexity index is 499. The minimum Gasteiger partial charge on any atom is -0.445 e. The Morgan fingerprint density at radius 2 is 2.11 bits per heavy atom. The molecule has 2 N–H and O–H groups in total. The Labute approximate surface area is 115 Å². The van der Waals surface area contributed by atoms with E-state index in [2.05, 4.69) is 5.32 Å². The molecule has 5 heteroatoms. The number of hydrogen-bond donors (Lipinski definition) is 2. The molecular formula is C14H15NO3S. The summed E-state index contributed by atoms with van der Waals surface area (Å²) in [7, 11) is 0. The van der Waals surface area contributed by atoms with Crippen molar-refractivity contribution in [3.05, 3.63) is 58.3 Å². The Hall–Kier alpha value is -1.85. The number of ether oxygens (including phenoxy) is 1. The number of hydrogen-bond acceptors (Lipinski definition) is 4. The zero-order chi connectivity index (χ0) is 13.5. The van der Waals surface area contributed by atoms with Crippen LogP contribution in [0.15, 0.2) is 47.2 Å². The third-order valence-corrected chi connectivity index (χ3v) is 3.28. The highest BCUT2D eigenvalue weighted by atomic mass is 32.1. The van der Waals surface area contributed by atoms with Crippen molar-refractivity contribution >= 4 is 17.4 Å². The number of amides is 1. The standard InChI is InChI=1S/C14H15NO3S/c16-13(12-6-7-19-10-12)8-15-14(17)18-9-11-4-2-1-3-5-11/h1-7,10,13,16H,8-9H2,(H,15,17). The molecule has 1 atom stereocenters. The highest BCUT2D eigenvalue weighted by Crippen LogP contribution is 2.15. The summed E-state index contributed by atoms with van der Waals surface area (Å²) in [5.41, 5.74) is 1.73. The normalized spacial score (nSPS) is 11.8. The van der Waals surface area contributed by atoms with Crippen LogP contribution in [0, 0.1) is 0 Å². The van der Waals surface area contributed by atoms with Gasteiger partial charge in [0.05, 0.1) is 12.6 Å². The second-order valence-electron chi connectivity index (χ2n) is 4.02. The molecule has 0 saturated carbocycles. The molecule has 4 nitrogen and oxygen atoms in total. The number of benzene rings is 1. The Morgan fingerprint density at radius 1 is 1.32 bits per heavy atom. The van der Waals surface area contributed by atoms with Crippen LogP contribution in [0.3, 0.4) is 0 Å². The molecule has 2 aromatic rings. The maximum absolute atomic E-state index is 11.4. The Balaban J connectivity index is 1.70. The monoisotopic (exact) mass is 277 g/mol. The van der Waals surface area contributed by atoms with Gasteiger partial charge in [-0.1, -0.05) is 30.3 Å². The number of thiophene rings is 1. The first-order valence-corrected chi connectivity index (χ1v) is 6.84. The van der Waals surface area contributed by atoms with Crippen molar-refractivity contribution in [3.63, 3.8) is 0 Å². The van der Waals surface area contributed by atoms with E-state index in [1.165, 1.54) is 11.3 Å². The molecule has 0 spiro atoms. The van der Waals surface area contributed by atoms with Gasteiger partial charge in [-0.3, -0.25) is 0 Å². The van der Waals surface area contributed by atoms with Crippen LogP contribution >= 0.6 is 11.3 Å². The van der Waals surface area contributed by atoms with Gasteiger partial charge in [0.15, 0.2) is 0 Å². The van der Waals surface area contributed by atoms with Gasteiger partial charge in [-0.05, 0) is 28.0 Å². The van der Waals surface area contributed by atoms with E-state index in [9.17, 15) is 9.90 Å². The zero-order valence-corrected chi connectivity index (χ0v) is 11.1. The van der Waals surface area contributed by atoms with E-state index < -0.39 is 12.2 Å². The van der Waals surface area contributed by atoms with Crippen molar-refractivity contribution in [3.8, 4) is 0 Å². The van der Waals surface area contributed by atoms with E-state index >= 15 is 0 Å². The van der Waals surface area contributed by atoms with Gasteiger partial charge in [-0.15, -0.1) is 0 Å². The maximum atomic E-state index is 11.4. The molecule has 1 unspecified atom stereocenters. The Kier molecular flexibility index (Phi) is 4.94.